The molecule has 1 heterocycles. The topological polar surface area (TPSA) is 42.0 Å². The number of aryl methyl sites for hydroxylation is 1. The van der Waals surface area contributed by atoms with E-state index in [4.69, 9.17) is 11.6 Å². The highest BCUT2D eigenvalue weighted by Crippen LogP contribution is 2.29. The molecule has 0 bridgehead atoms. The average molecular weight is 281 g/mol. The summed E-state index contributed by atoms with van der Waals surface area (Å²) in [6, 6.07) is 3.68. The van der Waals surface area contributed by atoms with Gasteiger partial charge in [-0.3, -0.25) is 4.79 Å². The van der Waals surface area contributed by atoms with Crippen molar-refractivity contribution in [3.8, 4) is 0 Å². The van der Waals surface area contributed by atoms with Crippen LogP contribution in [-0.4, -0.2) is 16.9 Å². The lowest BCUT2D eigenvalue weighted by Gasteiger charge is -2.32. The number of rotatable bonds is 2. The third-order valence-electron chi connectivity index (χ3n) is 4.12. The van der Waals surface area contributed by atoms with Gasteiger partial charge in [0.15, 0.2) is 0 Å². The molecule has 4 heteroatoms. The third-order valence-corrected chi connectivity index (χ3v) is 4.31. The molecule has 1 aliphatic rings. The fourth-order valence-corrected chi connectivity index (χ4v) is 2.96. The lowest BCUT2D eigenvalue weighted by atomic mass is 9.79. The highest BCUT2D eigenvalue weighted by Gasteiger charge is 2.25. The Hall–Kier alpha value is -1.09. The second kappa shape index (κ2) is 5.91. The number of nitrogens with zero attached hydrogens (tertiary/aromatic N) is 1. The first-order valence-electron chi connectivity index (χ1n) is 6.90. The summed E-state index contributed by atoms with van der Waals surface area (Å²) in [5.41, 5.74) is 1.37. The fourth-order valence-electron chi connectivity index (χ4n) is 2.71. The van der Waals surface area contributed by atoms with Crippen LogP contribution < -0.4 is 5.32 Å². The van der Waals surface area contributed by atoms with Gasteiger partial charge in [-0.15, -0.1) is 0 Å². The summed E-state index contributed by atoms with van der Waals surface area (Å²) >= 11 is 5.89. The van der Waals surface area contributed by atoms with Crippen LogP contribution in [0, 0.1) is 18.8 Å². The van der Waals surface area contributed by atoms with Crippen LogP contribution in [0.5, 0.6) is 0 Å². The van der Waals surface area contributed by atoms with E-state index in [0.29, 0.717) is 16.6 Å². The molecule has 1 fully saturated rings. The first-order chi connectivity index (χ1) is 8.95. The minimum absolute atomic E-state index is 0.0425. The number of carbonyl (C=O) groups excluding carboxylic acids is 1. The number of carbonyl (C=O) groups is 1. The molecule has 3 nitrogen and oxygen atoms in total. The number of aromatic nitrogens is 1. The van der Waals surface area contributed by atoms with Crippen molar-refractivity contribution in [3.05, 3.63) is 28.5 Å². The largest absolute Gasteiger partial charge is 0.349 e. The SMILES string of the molecule is Cc1cc(C(=O)NC2CCC(C)C(C)C2)cc(Cl)n1. The Morgan fingerprint density at radius 2 is 2.05 bits per heavy atom. The molecule has 1 saturated carbocycles. The Morgan fingerprint density at radius 1 is 1.32 bits per heavy atom. The minimum atomic E-state index is -0.0425. The van der Waals surface area contributed by atoms with Crippen LogP contribution in [0.2, 0.25) is 5.15 Å². The van der Waals surface area contributed by atoms with E-state index in [1.807, 2.05) is 6.92 Å². The quantitative estimate of drug-likeness (QED) is 0.841. The van der Waals surface area contributed by atoms with Gasteiger partial charge in [0.2, 0.25) is 0 Å². The lowest BCUT2D eigenvalue weighted by molar-refractivity contribution is 0.0910. The van der Waals surface area contributed by atoms with Crippen LogP contribution in [0.15, 0.2) is 12.1 Å². The molecule has 0 radical (unpaired) electrons. The predicted molar refractivity (Wildman–Crippen MR) is 77.4 cm³/mol. The van der Waals surface area contributed by atoms with Crippen molar-refractivity contribution in [1.29, 1.82) is 0 Å². The average Bonchev–Trinajstić information content (AvgIpc) is 2.32. The Labute approximate surface area is 119 Å². The molecule has 0 spiro atoms. The Kier molecular flexibility index (Phi) is 4.46. The summed E-state index contributed by atoms with van der Waals surface area (Å²) in [7, 11) is 0. The van der Waals surface area contributed by atoms with Gasteiger partial charge in [0.25, 0.3) is 5.91 Å². The molecule has 19 heavy (non-hydrogen) atoms. The van der Waals surface area contributed by atoms with Gasteiger partial charge >= 0.3 is 0 Å². The summed E-state index contributed by atoms with van der Waals surface area (Å²) < 4.78 is 0. The summed E-state index contributed by atoms with van der Waals surface area (Å²) in [6.45, 7) is 6.39. The number of pyridine rings is 1. The highest BCUT2D eigenvalue weighted by atomic mass is 35.5. The zero-order chi connectivity index (χ0) is 14.0. The molecule has 1 aromatic rings. The van der Waals surface area contributed by atoms with E-state index in [-0.39, 0.29) is 11.9 Å². The van der Waals surface area contributed by atoms with E-state index in [1.54, 1.807) is 12.1 Å². The Balaban J connectivity index is 2.01. The number of halogens is 1. The van der Waals surface area contributed by atoms with E-state index in [9.17, 15) is 4.79 Å². The maximum atomic E-state index is 12.2. The van der Waals surface area contributed by atoms with E-state index in [0.717, 1.165) is 24.5 Å². The summed E-state index contributed by atoms with van der Waals surface area (Å²) in [4.78, 5) is 16.3. The van der Waals surface area contributed by atoms with Crippen molar-refractivity contribution >= 4 is 17.5 Å². The molecule has 0 saturated heterocycles. The monoisotopic (exact) mass is 280 g/mol. The fraction of sp³-hybridized carbons (Fsp3) is 0.600. The number of hydrogen-bond donors (Lipinski definition) is 1. The second-order valence-corrected chi connectivity index (χ2v) is 6.15. The molecular formula is C15H21ClN2O. The summed E-state index contributed by atoms with van der Waals surface area (Å²) in [5.74, 6) is 1.38. The normalized spacial score (nSPS) is 27.1. The molecule has 3 atom stereocenters. The smallest absolute Gasteiger partial charge is 0.251 e. The zero-order valence-electron chi connectivity index (χ0n) is 11.7. The van der Waals surface area contributed by atoms with Gasteiger partial charge < -0.3 is 5.32 Å². The van der Waals surface area contributed by atoms with Crippen LogP contribution in [0.25, 0.3) is 0 Å². The van der Waals surface area contributed by atoms with Gasteiger partial charge in [-0.05, 0) is 50.2 Å². The van der Waals surface area contributed by atoms with Gasteiger partial charge in [-0.2, -0.15) is 0 Å². The van der Waals surface area contributed by atoms with E-state index < -0.39 is 0 Å². The van der Waals surface area contributed by atoms with Crippen LogP contribution in [0.1, 0.15) is 49.2 Å². The molecule has 1 aromatic heterocycles. The number of hydrogen-bond acceptors (Lipinski definition) is 2. The minimum Gasteiger partial charge on any atom is -0.349 e. The molecule has 1 aliphatic carbocycles. The second-order valence-electron chi connectivity index (χ2n) is 5.76. The molecule has 2 rings (SSSR count). The molecule has 1 amide bonds. The van der Waals surface area contributed by atoms with Crippen molar-refractivity contribution in [3.63, 3.8) is 0 Å². The van der Waals surface area contributed by atoms with Crippen LogP contribution >= 0.6 is 11.6 Å². The first kappa shape index (κ1) is 14.3. The van der Waals surface area contributed by atoms with Crippen LogP contribution in [0.4, 0.5) is 0 Å². The van der Waals surface area contributed by atoms with Crippen molar-refractivity contribution in [2.45, 2.75) is 46.1 Å². The molecular weight excluding hydrogens is 260 g/mol. The summed E-state index contributed by atoms with van der Waals surface area (Å²) in [5, 5.41) is 3.49. The first-order valence-corrected chi connectivity index (χ1v) is 7.28. The van der Waals surface area contributed by atoms with E-state index in [1.165, 1.54) is 6.42 Å². The zero-order valence-corrected chi connectivity index (χ0v) is 12.5. The van der Waals surface area contributed by atoms with Gasteiger partial charge in [0.1, 0.15) is 5.15 Å². The van der Waals surface area contributed by atoms with Crippen LogP contribution in [0.3, 0.4) is 0 Å². The standard InChI is InChI=1S/C15H21ClN2O/c1-9-4-5-13(6-10(9)2)18-15(19)12-7-11(3)17-14(16)8-12/h7-10,13H,4-6H2,1-3H3,(H,18,19). The van der Waals surface area contributed by atoms with E-state index in [2.05, 4.69) is 24.1 Å². The van der Waals surface area contributed by atoms with Crippen molar-refractivity contribution < 1.29 is 4.79 Å². The highest BCUT2D eigenvalue weighted by molar-refractivity contribution is 6.29. The maximum absolute atomic E-state index is 12.2. The lowest BCUT2D eigenvalue weighted by Crippen LogP contribution is -2.39. The Bertz CT molecular complexity index is 455. The molecule has 3 unspecified atom stereocenters. The molecule has 104 valence electrons. The Morgan fingerprint density at radius 3 is 2.68 bits per heavy atom. The van der Waals surface area contributed by atoms with Crippen molar-refractivity contribution in [2.24, 2.45) is 11.8 Å². The van der Waals surface area contributed by atoms with Gasteiger partial charge in [0.05, 0.1) is 0 Å². The maximum Gasteiger partial charge on any atom is 0.251 e. The van der Waals surface area contributed by atoms with Gasteiger partial charge in [0, 0.05) is 17.3 Å². The third kappa shape index (κ3) is 3.69. The van der Waals surface area contributed by atoms with Gasteiger partial charge in [-0.25, -0.2) is 4.98 Å². The van der Waals surface area contributed by atoms with Crippen molar-refractivity contribution in [2.75, 3.05) is 0 Å². The van der Waals surface area contributed by atoms with Crippen LogP contribution in [-0.2, 0) is 0 Å². The number of nitrogens with one attached hydrogen (secondary N) is 1. The van der Waals surface area contributed by atoms with Gasteiger partial charge in [-0.1, -0.05) is 25.4 Å². The van der Waals surface area contributed by atoms with Crippen molar-refractivity contribution in [1.82, 2.24) is 10.3 Å². The number of amides is 1. The summed E-state index contributed by atoms with van der Waals surface area (Å²) in [6.07, 6.45) is 3.31. The molecule has 0 aromatic carbocycles. The molecule has 1 N–H and O–H groups in total. The molecule has 0 aliphatic heterocycles. The van der Waals surface area contributed by atoms with E-state index >= 15 is 0 Å². The predicted octanol–water partition coefficient (Wildman–Crippen LogP) is 3.60.